The third-order valence-corrected chi connectivity index (χ3v) is 1.88. The second kappa shape index (κ2) is 5.67. The molecular formula is C10H16N2O. The molecule has 1 unspecified atom stereocenters. The van der Waals surface area contributed by atoms with Gasteiger partial charge in [0.15, 0.2) is 0 Å². The summed E-state index contributed by atoms with van der Waals surface area (Å²) in [5.74, 6) is 0. The van der Waals surface area contributed by atoms with Crippen LogP contribution in [0.3, 0.4) is 0 Å². The number of aliphatic hydroxyl groups excluding tert-OH is 1. The Balaban J connectivity index is 2.20. The lowest BCUT2D eigenvalue weighted by Crippen LogP contribution is -2.25. The Morgan fingerprint density at radius 3 is 3.00 bits per heavy atom. The zero-order valence-corrected chi connectivity index (χ0v) is 7.90. The molecule has 0 aliphatic rings. The maximum Gasteiger partial charge on any atom is 0.0662 e. The van der Waals surface area contributed by atoms with E-state index in [0.717, 1.165) is 18.7 Å². The first-order chi connectivity index (χ1) is 6.33. The van der Waals surface area contributed by atoms with Crippen LogP contribution in [0.4, 0.5) is 0 Å². The standard InChI is InChI=1S/C10H16N2O/c1-2-10(13)8-11-7-9-5-3-4-6-12-9/h3-6,10-11,13H,2,7-8H2,1H3. The van der Waals surface area contributed by atoms with Crippen LogP contribution >= 0.6 is 0 Å². The Labute approximate surface area is 78.8 Å². The lowest BCUT2D eigenvalue weighted by atomic mass is 10.3. The second-order valence-electron chi connectivity index (χ2n) is 3.01. The smallest absolute Gasteiger partial charge is 0.0662 e. The average Bonchev–Trinajstić information content (AvgIpc) is 2.19. The van der Waals surface area contributed by atoms with Crippen molar-refractivity contribution in [3.05, 3.63) is 30.1 Å². The number of hydrogen-bond donors (Lipinski definition) is 2. The molecule has 1 aromatic heterocycles. The number of nitrogens with one attached hydrogen (secondary N) is 1. The predicted octanol–water partition coefficient (Wildman–Crippen LogP) is 0.942. The first kappa shape index (κ1) is 10.2. The highest BCUT2D eigenvalue weighted by Crippen LogP contribution is 1.93. The molecule has 3 heteroatoms. The van der Waals surface area contributed by atoms with Crippen LogP contribution in [0.2, 0.25) is 0 Å². The zero-order valence-electron chi connectivity index (χ0n) is 7.90. The molecule has 0 bridgehead atoms. The van der Waals surface area contributed by atoms with Gasteiger partial charge in [-0.3, -0.25) is 4.98 Å². The molecule has 1 heterocycles. The highest BCUT2D eigenvalue weighted by Gasteiger charge is 1.99. The summed E-state index contributed by atoms with van der Waals surface area (Å²) in [6.45, 7) is 3.32. The average molecular weight is 180 g/mol. The normalized spacial score (nSPS) is 12.8. The van der Waals surface area contributed by atoms with Gasteiger partial charge < -0.3 is 10.4 Å². The van der Waals surface area contributed by atoms with E-state index in [9.17, 15) is 5.11 Å². The first-order valence-electron chi connectivity index (χ1n) is 4.61. The van der Waals surface area contributed by atoms with Gasteiger partial charge in [-0.2, -0.15) is 0 Å². The number of rotatable bonds is 5. The van der Waals surface area contributed by atoms with E-state index < -0.39 is 0 Å². The molecule has 0 aliphatic carbocycles. The highest BCUT2D eigenvalue weighted by atomic mass is 16.3. The van der Waals surface area contributed by atoms with E-state index in [-0.39, 0.29) is 6.10 Å². The van der Waals surface area contributed by atoms with Gasteiger partial charge in [0.1, 0.15) is 0 Å². The molecule has 0 spiro atoms. The van der Waals surface area contributed by atoms with E-state index in [0.29, 0.717) is 6.54 Å². The van der Waals surface area contributed by atoms with E-state index in [1.807, 2.05) is 25.1 Å². The second-order valence-corrected chi connectivity index (χ2v) is 3.01. The molecule has 3 nitrogen and oxygen atoms in total. The molecule has 0 saturated heterocycles. The molecule has 2 N–H and O–H groups in total. The third-order valence-electron chi connectivity index (χ3n) is 1.88. The van der Waals surface area contributed by atoms with Gasteiger partial charge in [0, 0.05) is 19.3 Å². The lowest BCUT2D eigenvalue weighted by molar-refractivity contribution is 0.167. The summed E-state index contributed by atoms with van der Waals surface area (Å²) >= 11 is 0. The Morgan fingerprint density at radius 1 is 1.54 bits per heavy atom. The van der Waals surface area contributed by atoms with Gasteiger partial charge in [0.05, 0.1) is 11.8 Å². The van der Waals surface area contributed by atoms with Gasteiger partial charge in [-0.15, -0.1) is 0 Å². The summed E-state index contributed by atoms with van der Waals surface area (Å²) < 4.78 is 0. The number of aromatic nitrogens is 1. The fourth-order valence-electron chi connectivity index (χ4n) is 1.01. The quantitative estimate of drug-likeness (QED) is 0.709. The van der Waals surface area contributed by atoms with Crippen molar-refractivity contribution < 1.29 is 5.11 Å². The van der Waals surface area contributed by atoms with E-state index in [4.69, 9.17) is 0 Å². The minimum Gasteiger partial charge on any atom is -0.392 e. The molecule has 72 valence electrons. The van der Waals surface area contributed by atoms with Crippen molar-refractivity contribution in [1.82, 2.24) is 10.3 Å². The molecule has 0 amide bonds. The number of nitrogens with zero attached hydrogens (tertiary/aromatic N) is 1. The predicted molar refractivity (Wildman–Crippen MR) is 52.2 cm³/mol. The maximum absolute atomic E-state index is 9.25. The first-order valence-corrected chi connectivity index (χ1v) is 4.61. The number of pyridine rings is 1. The Bertz CT molecular complexity index is 226. The van der Waals surface area contributed by atoms with Crippen LogP contribution < -0.4 is 5.32 Å². The molecule has 1 atom stereocenters. The summed E-state index contributed by atoms with van der Waals surface area (Å²) in [5.41, 5.74) is 1.01. The lowest BCUT2D eigenvalue weighted by Gasteiger charge is -2.08. The molecule has 0 radical (unpaired) electrons. The summed E-state index contributed by atoms with van der Waals surface area (Å²) in [7, 11) is 0. The van der Waals surface area contributed by atoms with Crippen molar-refractivity contribution in [2.24, 2.45) is 0 Å². The molecule has 1 aromatic rings. The minimum absolute atomic E-state index is 0.247. The van der Waals surface area contributed by atoms with Gasteiger partial charge in [-0.1, -0.05) is 13.0 Å². The minimum atomic E-state index is -0.247. The monoisotopic (exact) mass is 180 g/mol. The van der Waals surface area contributed by atoms with Gasteiger partial charge in [-0.25, -0.2) is 0 Å². The maximum atomic E-state index is 9.25. The summed E-state index contributed by atoms with van der Waals surface area (Å²) in [6, 6.07) is 5.82. The van der Waals surface area contributed by atoms with Crippen LogP contribution in [-0.4, -0.2) is 22.7 Å². The number of hydrogen-bond acceptors (Lipinski definition) is 3. The van der Waals surface area contributed by atoms with Crippen molar-refractivity contribution in [1.29, 1.82) is 0 Å². The molecule has 0 fully saturated rings. The molecule has 13 heavy (non-hydrogen) atoms. The SMILES string of the molecule is CCC(O)CNCc1ccccn1. The van der Waals surface area contributed by atoms with E-state index >= 15 is 0 Å². The van der Waals surface area contributed by atoms with Crippen molar-refractivity contribution in [3.8, 4) is 0 Å². The molecule has 0 aromatic carbocycles. The van der Waals surface area contributed by atoms with Crippen LogP contribution in [0.25, 0.3) is 0 Å². The van der Waals surface area contributed by atoms with Crippen molar-refractivity contribution in [3.63, 3.8) is 0 Å². The highest BCUT2D eigenvalue weighted by molar-refractivity contribution is 5.02. The largest absolute Gasteiger partial charge is 0.392 e. The van der Waals surface area contributed by atoms with Crippen molar-refractivity contribution in [2.45, 2.75) is 26.0 Å². The molecule has 0 aliphatic heterocycles. The van der Waals surface area contributed by atoms with Gasteiger partial charge in [0.2, 0.25) is 0 Å². The fourth-order valence-corrected chi connectivity index (χ4v) is 1.01. The van der Waals surface area contributed by atoms with Crippen molar-refractivity contribution >= 4 is 0 Å². The molecule has 0 saturated carbocycles. The van der Waals surface area contributed by atoms with Gasteiger partial charge in [0.25, 0.3) is 0 Å². The molecule has 1 rings (SSSR count). The summed E-state index contributed by atoms with van der Waals surface area (Å²) in [6.07, 6.45) is 2.31. The van der Waals surface area contributed by atoms with E-state index in [1.165, 1.54) is 0 Å². The summed E-state index contributed by atoms with van der Waals surface area (Å²) in [4.78, 5) is 4.16. The van der Waals surface area contributed by atoms with E-state index in [2.05, 4.69) is 10.3 Å². The third kappa shape index (κ3) is 4.01. The van der Waals surface area contributed by atoms with Crippen LogP contribution in [-0.2, 0) is 6.54 Å². The Kier molecular flexibility index (Phi) is 4.43. The van der Waals surface area contributed by atoms with Crippen LogP contribution in [0.15, 0.2) is 24.4 Å². The van der Waals surface area contributed by atoms with Gasteiger partial charge in [-0.05, 0) is 18.6 Å². The van der Waals surface area contributed by atoms with Crippen LogP contribution in [0, 0.1) is 0 Å². The topological polar surface area (TPSA) is 45.1 Å². The Hall–Kier alpha value is -0.930. The zero-order chi connectivity index (χ0) is 9.52. The van der Waals surface area contributed by atoms with Crippen LogP contribution in [0.1, 0.15) is 19.0 Å². The fraction of sp³-hybridized carbons (Fsp3) is 0.500. The Morgan fingerprint density at radius 2 is 2.38 bits per heavy atom. The molecular weight excluding hydrogens is 164 g/mol. The van der Waals surface area contributed by atoms with Crippen LogP contribution in [0.5, 0.6) is 0 Å². The van der Waals surface area contributed by atoms with Crippen molar-refractivity contribution in [2.75, 3.05) is 6.54 Å². The van der Waals surface area contributed by atoms with Gasteiger partial charge >= 0.3 is 0 Å². The van der Waals surface area contributed by atoms with E-state index in [1.54, 1.807) is 6.20 Å². The summed E-state index contributed by atoms with van der Waals surface area (Å²) in [5, 5.41) is 12.4. The number of aliphatic hydroxyl groups is 1.